The minimum Gasteiger partial charge on any atom is -0.384 e. The van der Waals surface area contributed by atoms with Crippen LogP contribution in [-0.2, 0) is 11.3 Å². The number of para-hydroxylation sites is 1. The molecule has 3 aromatic rings. The van der Waals surface area contributed by atoms with Gasteiger partial charge in [0, 0.05) is 0 Å². The van der Waals surface area contributed by atoms with Crippen LogP contribution >= 0.6 is 11.3 Å². The Balaban J connectivity index is 1.65. The SMILES string of the molecule is Cc1ccc(C(=O)O/N=C(\N)Cc2nc3ccccc3s2)cc1. The Hall–Kier alpha value is -2.73. The molecule has 0 spiro atoms. The normalized spacial score (nSPS) is 11.6. The number of hydrogen-bond acceptors (Lipinski definition) is 5. The monoisotopic (exact) mass is 325 g/mol. The second-order valence-electron chi connectivity index (χ2n) is 5.08. The zero-order valence-electron chi connectivity index (χ0n) is 12.5. The van der Waals surface area contributed by atoms with Gasteiger partial charge in [-0.1, -0.05) is 35.0 Å². The van der Waals surface area contributed by atoms with Crippen LogP contribution in [0.3, 0.4) is 0 Å². The molecule has 0 fully saturated rings. The summed E-state index contributed by atoms with van der Waals surface area (Å²) in [5, 5.41) is 4.53. The predicted molar refractivity (Wildman–Crippen MR) is 91.5 cm³/mol. The third-order valence-electron chi connectivity index (χ3n) is 3.20. The van der Waals surface area contributed by atoms with Gasteiger partial charge in [0.25, 0.3) is 0 Å². The molecule has 23 heavy (non-hydrogen) atoms. The first-order valence-corrected chi connectivity index (χ1v) is 7.88. The minimum atomic E-state index is -0.530. The topological polar surface area (TPSA) is 77.6 Å². The van der Waals surface area contributed by atoms with Crippen molar-refractivity contribution >= 4 is 33.4 Å². The van der Waals surface area contributed by atoms with E-state index in [1.807, 2.05) is 43.3 Å². The lowest BCUT2D eigenvalue weighted by Crippen LogP contribution is -2.16. The second-order valence-corrected chi connectivity index (χ2v) is 6.19. The fourth-order valence-electron chi connectivity index (χ4n) is 2.03. The first-order valence-electron chi connectivity index (χ1n) is 7.06. The number of carbonyl (C=O) groups is 1. The van der Waals surface area contributed by atoms with Crippen LogP contribution in [0.5, 0.6) is 0 Å². The minimum absolute atomic E-state index is 0.213. The van der Waals surface area contributed by atoms with Gasteiger partial charge in [-0.2, -0.15) is 0 Å². The Bertz CT molecular complexity index is 836. The first kappa shape index (κ1) is 15.2. The molecule has 0 bridgehead atoms. The Morgan fingerprint density at radius 2 is 1.96 bits per heavy atom. The highest BCUT2D eigenvalue weighted by Crippen LogP contribution is 2.21. The lowest BCUT2D eigenvalue weighted by atomic mass is 10.2. The van der Waals surface area contributed by atoms with Crippen LogP contribution in [0.2, 0.25) is 0 Å². The molecule has 2 N–H and O–H groups in total. The van der Waals surface area contributed by atoms with Gasteiger partial charge in [-0.05, 0) is 31.2 Å². The number of nitrogens with zero attached hydrogens (tertiary/aromatic N) is 2. The van der Waals surface area contributed by atoms with Crippen molar-refractivity contribution in [2.45, 2.75) is 13.3 Å². The lowest BCUT2D eigenvalue weighted by molar-refractivity contribution is 0.0515. The van der Waals surface area contributed by atoms with Crippen LogP contribution in [0.4, 0.5) is 0 Å². The van der Waals surface area contributed by atoms with Crippen LogP contribution in [0.1, 0.15) is 20.9 Å². The summed E-state index contributed by atoms with van der Waals surface area (Å²) in [5.74, 6) is -0.318. The highest BCUT2D eigenvalue weighted by atomic mass is 32.1. The average Bonchev–Trinajstić information content (AvgIpc) is 2.95. The second kappa shape index (κ2) is 6.58. The molecule has 0 amide bonds. The van der Waals surface area contributed by atoms with Crippen LogP contribution in [0, 0.1) is 6.92 Å². The molecule has 0 saturated heterocycles. The number of carbonyl (C=O) groups excluding carboxylic acids is 1. The van der Waals surface area contributed by atoms with Gasteiger partial charge in [-0.15, -0.1) is 11.3 Å². The van der Waals surface area contributed by atoms with E-state index >= 15 is 0 Å². The number of nitrogens with two attached hydrogens (primary N) is 1. The zero-order valence-corrected chi connectivity index (χ0v) is 13.3. The number of thiazole rings is 1. The van der Waals surface area contributed by atoms with Crippen molar-refractivity contribution < 1.29 is 9.63 Å². The third kappa shape index (κ3) is 3.73. The van der Waals surface area contributed by atoms with Crippen LogP contribution in [0.25, 0.3) is 10.2 Å². The van der Waals surface area contributed by atoms with E-state index in [4.69, 9.17) is 10.6 Å². The molecule has 1 aromatic heterocycles. The molecule has 0 aliphatic rings. The molecule has 2 aromatic carbocycles. The Morgan fingerprint density at radius 3 is 2.70 bits per heavy atom. The van der Waals surface area contributed by atoms with Crippen molar-refractivity contribution in [1.82, 2.24) is 4.98 Å². The maximum atomic E-state index is 11.9. The average molecular weight is 325 g/mol. The fraction of sp³-hybridized carbons (Fsp3) is 0.118. The zero-order chi connectivity index (χ0) is 16.2. The van der Waals surface area contributed by atoms with Crippen LogP contribution < -0.4 is 5.73 Å². The molecule has 0 radical (unpaired) electrons. The predicted octanol–water partition coefficient (Wildman–Crippen LogP) is 3.28. The van der Waals surface area contributed by atoms with Gasteiger partial charge in [-0.3, -0.25) is 0 Å². The number of fused-ring (bicyclic) bond motifs is 1. The maximum Gasteiger partial charge on any atom is 0.365 e. The van der Waals surface area contributed by atoms with E-state index in [9.17, 15) is 4.79 Å². The van der Waals surface area contributed by atoms with Crippen molar-refractivity contribution in [2.24, 2.45) is 10.9 Å². The van der Waals surface area contributed by atoms with E-state index in [1.54, 1.807) is 23.5 Å². The van der Waals surface area contributed by atoms with Gasteiger partial charge in [0.2, 0.25) is 0 Å². The van der Waals surface area contributed by atoms with Crippen molar-refractivity contribution in [2.75, 3.05) is 0 Å². The van der Waals surface area contributed by atoms with E-state index in [2.05, 4.69) is 10.1 Å². The largest absolute Gasteiger partial charge is 0.384 e. The summed E-state index contributed by atoms with van der Waals surface area (Å²) < 4.78 is 1.09. The van der Waals surface area contributed by atoms with Gasteiger partial charge in [0.15, 0.2) is 0 Å². The van der Waals surface area contributed by atoms with Gasteiger partial charge < -0.3 is 10.6 Å². The molecular formula is C17H15N3O2S. The highest BCUT2D eigenvalue weighted by molar-refractivity contribution is 7.18. The number of amidine groups is 1. The number of hydrogen-bond donors (Lipinski definition) is 1. The summed E-state index contributed by atoms with van der Waals surface area (Å²) in [5.41, 5.74) is 8.25. The number of aryl methyl sites for hydroxylation is 1. The Morgan fingerprint density at radius 1 is 1.22 bits per heavy atom. The molecule has 116 valence electrons. The third-order valence-corrected chi connectivity index (χ3v) is 4.24. The van der Waals surface area contributed by atoms with E-state index < -0.39 is 5.97 Å². The van der Waals surface area contributed by atoms with Crippen LogP contribution in [0.15, 0.2) is 53.7 Å². The molecule has 0 aliphatic heterocycles. The number of benzene rings is 2. The lowest BCUT2D eigenvalue weighted by Gasteiger charge is -2.00. The molecule has 0 unspecified atom stereocenters. The van der Waals surface area contributed by atoms with Crippen LogP contribution in [-0.4, -0.2) is 16.8 Å². The number of aromatic nitrogens is 1. The Labute approximate surface area is 137 Å². The summed E-state index contributed by atoms with van der Waals surface area (Å²) in [6.07, 6.45) is 0.348. The first-order chi connectivity index (χ1) is 11.1. The maximum absolute atomic E-state index is 11.9. The molecule has 0 atom stereocenters. The number of rotatable bonds is 4. The summed E-state index contributed by atoms with van der Waals surface area (Å²) in [6.45, 7) is 1.95. The van der Waals surface area contributed by atoms with Crippen molar-refractivity contribution in [3.05, 3.63) is 64.7 Å². The van der Waals surface area contributed by atoms with E-state index in [0.717, 1.165) is 20.8 Å². The summed E-state index contributed by atoms with van der Waals surface area (Å²) >= 11 is 1.55. The smallest absolute Gasteiger partial charge is 0.365 e. The number of oxime groups is 1. The molecule has 0 saturated carbocycles. The molecule has 6 heteroatoms. The van der Waals surface area contributed by atoms with E-state index in [0.29, 0.717) is 12.0 Å². The van der Waals surface area contributed by atoms with Gasteiger partial charge >= 0.3 is 5.97 Å². The molecule has 0 aliphatic carbocycles. The molecule has 1 heterocycles. The highest BCUT2D eigenvalue weighted by Gasteiger charge is 2.09. The quantitative estimate of drug-likeness (QED) is 0.346. The van der Waals surface area contributed by atoms with Crippen molar-refractivity contribution in [3.8, 4) is 0 Å². The summed E-state index contributed by atoms with van der Waals surface area (Å²) in [7, 11) is 0. The fourth-order valence-corrected chi connectivity index (χ4v) is 3.01. The summed E-state index contributed by atoms with van der Waals surface area (Å²) in [6, 6.07) is 14.9. The standard InChI is InChI=1S/C17H15N3O2S/c1-11-6-8-12(9-7-11)17(21)22-20-15(18)10-16-19-13-4-2-3-5-14(13)23-16/h2-9H,10H2,1H3,(H2,18,20). The molecule has 3 rings (SSSR count). The Kier molecular flexibility index (Phi) is 4.34. The van der Waals surface area contributed by atoms with Gasteiger partial charge in [-0.25, -0.2) is 9.78 Å². The van der Waals surface area contributed by atoms with Gasteiger partial charge in [0.05, 0.1) is 22.2 Å². The van der Waals surface area contributed by atoms with Crippen molar-refractivity contribution in [3.63, 3.8) is 0 Å². The summed E-state index contributed by atoms with van der Waals surface area (Å²) in [4.78, 5) is 21.2. The molecular weight excluding hydrogens is 310 g/mol. The van der Waals surface area contributed by atoms with Gasteiger partial charge in [0.1, 0.15) is 10.8 Å². The molecule has 5 nitrogen and oxygen atoms in total. The van der Waals surface area contributed by atoms with E-state index in [-0.39, 0.29) is 5.84 Å². The van der Waals surface area contributed by atoms with Crippen molar-refractivity contribution in [1.29, 1.82) is 0 Å². The van der Waals surface area contributed by atoms with E-state index in [1.165, 1.54) is 0 Å².